The van der Waals surface area contributed by atoms with Crippen LogP contribution in [0.4, 0.5) is 0 Å². The molecular weight excluding hydrogens is 324 g/mol. The number of nitrogens with one attached hydrogen (secondary N) is 2. The normalized spacial score (nSPS) is 11.1. The van der Waals surface area contributed by atoms with E-state index in [0.717, 1.165) is 16.3 Å². The van der Waals surface area contributed by atoms with E-state index in [1.807, 2.05) is 6.07 Å². The molecule has 2 N–H and O–H groups in total. The number of H-pyrrole nitrogens is 2. The largest absolute Gasteiger partial charge is 0.325 e. The van der Waals surface area contributed by atoms with Crippen molar-refractivity contribution in [2.45, 2.75) is 0 Å². The Morgan fingerprint density at radius 2 is 1.35 bits per heavy atom. The molecule has 5 aromatic rings. The van der Waals surface area contributed by atoms with Crippen LogP contribution in [-0.2, 0) is 0 Å². The molecule has 0 bridgehead atoms. The van der Waals surface area contributed by atoms with Crippen molar-refractivity contribution >= 4 is 32.3 Å². The zero-order chi connectivity index (χ0) is 17.7. The van der Waals surface area contributed by atoms with Gasteiger partial charge in [-0.15, -0.1) is 0 Å². The van der Waals surface area contributed by atoms with Gasteiger partial charge in [0.1, 0.15) is 5.56 Å². The van der Waals surface area contributed by atoms with Gasteiger partial charge < -0.3 is 4.98 Å². The van der Waals surface area contributed by atoms with Crippen molar-refractivity contribution in [1.82, 2.24) is 9.97 Å². The molecule has 0 unspecified atom stereocenters. The van der Waals surface area contributed by atoms with Gasteiger partial charge in [-0.25, -0.2) is 4.79 Å². The third-order valence-electron chi connectivity index (χ3n) is 4.68. The van der Waals surface area contributed by atoms with Crippen LogP contribution in [-0.4, -0.2) is 9.97 Å². The predicted molar refractivity (Wildman–Crippen MR) is 104 cm³/mol. The Morgan fingerprint density at radius 1 is 0.692 bits per heavy atom. The fourth-order valence-corrected chi connectivity index (χ4v) is 3.48. The highest BCUT2D eigenvalue weighted by atomic mass is 16.2. The van der Waals surface area contributed by atoms with Crippen LogP contribution in [0.2, 0.25) is 0 Å². The maximum atomic E-state index is 11.8. The first kappa shape index (κ1) is 14.5. The number of rotatable bonds is 0. The van der Waals surface area contributed by atoms with Crippen molar-refractivity contribution in [3.8, 4) is 11.8 Å². The molecule has 0 atom stereocenters. The van der Waals surface area contributed by atoms with Crippen molar-refractivity contribution in [2.75, 3.05) is 0 Å². The first-order valence-electron chi connectivity index (χ1n) is 8.21. The van der Waals surface area contributed by atoms with E-state index in [4.69, 9.17) is 0 Å². The maximum absolute atomic E-state index is 11.8. The van der Waals surface area contributed by atoms with Crippen LogP contribution in [0, 0.1) is 11.8 Å². The van der Waals surface area contributed by atoms with Crippen LogP contribution in [0.15, 0.2) is 70.4 Å². The van der Waals surface area contributed by atoms with Gasteiger partial charge in [0.25, 0.3) is 5.56 Å². The molecule has 1 aromatic heterocycles. The van der Waals surface area contributed by atoms with Crippen molar-refractivity contribution in [3.05, 3.63) is 92.8 Å². The van der Waals surface area contributed by atoms with Gasteiger partial charge in [0.05, 0.1) is 0 Å². The molecule has 5 rings (SSSR count). The molecule has 0 fully saturated rings. The van der Waals surface area contributed by atoms with Gasteiger partial charge in [0.2, 0.25) is 0 Å². The Kier molecular flexibility index (Phi) is 2.97. The molecule has 0 amide bonds. The van der Waals surface area contributed by atoms with E-state index in [1.54, 1.807) is 0 Å². The van der Waals surface area contributed by atoms with Gasteiger partial charge in [-0.2, -0.15) is 0 Å². The molecule has 122 valence electrons. The highest BCUT2D eigenvalue weighted by molar-refractivity contribution is 6.23. The first-order valence-corrected chi connectivity index (χ1v) is 8.21. The molecule has 0 spiro atoms. The number of aromatic amines is 2. The molecule has 4 nitrogen and oxygen atoms in total. The monoisotopic (exact) mass is 336 g/mol. The van der Waals surface area contributed by atoms with Crippen molar-refractivity contribution in [3.63, 3.8) is 0 Å². The van der Waals surface area contributed by atoms with Gasteiger partial charge in [0, 0.05) is 11.8 Å². The Balaban J connectivity index is 1.81. The summed E-state index contributed by atoms with van der Waals surface area (Å²) >= 11 is 0. The molecule has 0 saturated carbocycles. The lowest BCUT2D eigenvalue weighted by atomic mass is 9.92. The average molecular weight is 336 g/mol. The van der Waals surface area contributed by atoms with Gasteiger partial charge in [-0.3, -0.25) is 9.78 Å². The second kappa shape index (κ2) is 5.33. The Morgan fingerprint density at radius 3 is 2.12 bits per heavy atom. The predicted octanol–water partition coefficient (Wildman–Crippen LogP) is 3.36. The number of aromatic nitrogens is 2. The summed E-state index contributed by atoms with van der Waals surface area (Å²) in [5.41, 5.74) is 0.0545. The highest BCUT2D eigenvalue weighted by Crippen LogP contribution is 2.35. The lowest BCUT2D eigenvalue weighted by Crippen LogP contribution is -2.23. The van der Waals surface area contributed by atoms with E-state index in [-0.39, 0.29) is 5.56 Å². The standard InChI is InChI=1S/C22H12N2O2/c25-21-17(12-23-22(26)24-21)9-5-13-4-6-16-8-7-14-2-1-3-15-10-11-18(13)20(16)19(14)15/h1-4,6-8,10-12H,(H2,23,24,25,26). The second-order valence-corrected chi connectivity index (χ2v) is 6.20. The zero-order valence-corrected chi connectivity index (χ0v) is 13.6. The van der Waals surface area contributed by atoms with E-state index in [1.165, 1.54) is 27.7 Å². The third-order valence-corrected chi connectivity index (χ3v) is 4.68. The minimum absolute atomic E-state index is 0.232. The molecule has 0 radical (unpaired) electrons. The van der Waals surface area contributed by atoms with Crippen molar-refractivity contribution < 1.29 is 0 Å². The number of benzene rings is 4. The molecule has 0 aliphatic heterocycles. The van der Waals surface area contributed by atoms with E-state index < -0.39 is 11.2 Å². The molecule has 4 heteroatoms. The molecule has 0 aliphatic carbocycles. The van der Waals surface area contributed by atoms with Gasteiger partial charge in [-0.1, -0.05) is 60.4 Å². The zero-order valence-electron chi connectivity index (χ0n) is 13.6. The van der Waals surface area contributed by atoms with Crippen LogP contribution >= 0.6 is 0 Å². The molecule has 0 aliphatic rings. The van der Waals surface area contributed by atoms with E-state index in [9.17, 15) is 9.59 Å². The van der Waals surface area contributed by atoms with Crippen molar-refractivity contribution in [1.29, 1.82) is 0 Å². The molecule has 26 heavy (non-hydrogen) atoms. The summed E-state index contributed by atoms with van der Waals surface area (Å²) in [6.45, 7) is 0. The first-order chi connectivity index (χ1) is 12.7. The Hall–Kier alpha value is -3.84. The van der Waals surface area contributed by atoms with Gasteiger partial charge in [0.15, 0.2) is 0 Å². The summed E-state index contributed by atoms with van der Waals surface area (Å²) in [5.74, 6) is 5.95. The van der Waals surface area contributed by atoms with Crippen LogP contribution < -0.4 is 11.2 Å². The second-order valence-electron chi connectivity index (χ2n) is 6.20. The minimum Gasteiger partial charge on any atom is -0.313 e. The SMILES string of the molecule is O=c1[nH]cc(C#Cc2ccc3ccc4cccc5ccc2c3c45)c(=O)[nH]1. The summed E-state index contributed by atoms with van der Waals surface area (Å²) in [7, 11) is 0. The van der Waals surface area contributed by atoms with E-state index >= 15 is 0 Å². The van der Waals surface area contributed by atoms with Gasteiger partial charge in [-0.05, 0) is 38.4 Å². The van der Waals surface area contributed by atoms with Gasteiger partial charge >= 0.3 is 5.69 Å². The summed E-state index contributed by atoms with van der Waals surface area (Å²) in [5, 5.41) is 7.03. The molecule has 1 heterocycles. The summed E-state index contributed by atoms with van der Waals surface area (Å²) < 4.78 is 0. The maximum Gasteiger partial charge on any atom is 0.325 e. The topological polar surface area (TPSA) is 65.7 Å². The van der Waals surface area contributed by atoms with Crippen molar-refractivity contribution in [2.24, 2.45) is 0 Å². The van der Waals surface area contributed by atoms with E-state index in [2.05, 4.69) is 70.3 Å². The fraction of sp³-hybridized carbons (Fsp3) is 0. The Labute approximate surface area is 147 Å². The molecule has 4 aromatic carbocycles. The van der Waals surface area contributed by atoms with E-state index in [0.29, 0.717) is 0 Å². The van der Waals surface area contributed by atoms with Crippen LogP contribution in [0.3, 0.4) is 0 Å². The highest BCUT2D eigenvalue weighted by Gasteiger charge is 2.09. The van der Waals surface area contributed by atoms with Crippen LogP contribution in [0.5, 0.6) is 0 Å². The smallest absolute Gasteiger partial charge is 0.313 e. The fourth-order valence-electron chi connectivity index (χ4n) is 3.48. The molecular formula is C22H12N2O2. The number of hydrogen-bond acceptors (Lipinski definition) is 2. The molecule has 0 saturated heterocycles. The minimum atomic E-state index is -0.539. The summed E-state index contributed by atoms with van der Waals surface area (Å²) in [4.78, 5) is 27.6. The quantitative estimate of drug-likeness (QED) is 0.336. The number of hydrogen-bond donors (Lipinski definition) is 2. The van der Waals surface area contributed by atoms with Crippen LogP contribution in [0.1, 0.15) is 11.1 Å². The third kappa shape index (κ3) is 2.11. The lowest BCUT2D eigenvalue weighted by molar-refractivity contribution is 1.03. The summed E-state index contributed by atoms with van der Waals surface area (Å²) in [6, 6.07) is 18.7. The average Bonchev–Trinajstić information content (AvgIpc) is 2.66. The van der Waals surface area contributed by atoms with Crippen LogP contribution in [0.25, 0.3) is 32.3 Å². The lowest BCUT2D eigenvalue weighted by Gasteiger charge is -2.11. The Bertz CT molecular complexity index is 1460. The summed E-state index contributed by atoms with van der Waals surface area (Å²) in [6.07, 6.45) is 1.34.